The highest BCUT2D eigenvalue weighted by Gasteiger charge is 2.45. The van der Waals surface area contributed by atoms with Crippen LogP contribution in [0.3, 0.4) is 0 Å². The smallest absolute Gasteiger partial charge is 0.356 e. The van der Waals surface area contributed by atoms with Crippen molar-refractivity contribution in [2.75, 3.05) is 11.9 Å². The van der Waals surface area contributed by atoms with E-state index in [4.69, 9.17) is 0 Å². The van der Waals surface area contributed by atoms with Crippen LogP contribution >= 0.6 is 0 Å². The maximum absolute atomic E-state index is 11.3. The molecule has 1 aromatic heterocycles. The number of carbonyl (C=O) groups is 1. The number of rotatable bonds is 5. The predicted octanol–water partition coefficient (Wildman–Crippen LogP) is 2.76. The molecule has 0 bridgehead atoms. The second-order valence-corrected chi connectivity index (χ2v) is 6.22. The summed E-state index contributed by atoms with van der Waals surface area (Å²) in [6, 6.07) is 0. The van der Waals surface area contributed by atoms with Gasteiger partial charge in [0.25, 0.3) is 0 Å². The van der Waals surface area contributed by atoms with Gasteiger partial charge in [-0.15, -0.1) is 0 Å². The molecular formula is C14H21N3O2. The molecule has 1 fully saturated rings. The van der Waals surface area contributed by atoms with Gasteiger partial charge in [0.2, 0.25) is 0 Å². The second kappa shape index (κ2) is 4.79. The molecule has 1 aliphatic carbocycles. The fourth-order valence-corrected chi connectivity index (χ4v) is 2.12. The summed E-state index contributed by atoms with van der Waals surface area (Å²) in [5, 5.41) is 12.4. The Morgan fingerprint density at radius 2 is 2.21 bits per heavy atom. The van der Waals surface area contributed by atoms with Crippen molar-refractivity contribution in [1.82, 2.24) is 9.97 Å². The fraction of sp³-hybridized carbons (Fsp3) is 0.643. The van der Waals surface area contributed by atoms with Gasteiger partial charge in [0.05, 0.1) is 11.9 Å². The zero-order valence-electron chi connectivity index (χ0n) is 11.9. The number of carboxylic acid groups (broad SMARTS) is 1. The molecule has 1 aromatic rings. The van der Waals surface area contributed by atoms with Gasteiger partial charge in [-0.05, 0) is 17.8 Å². The van der Waals surface area contributed by atoms with Crippen molar-refractivity contribution in [3.8, 4) is 0 Å². The molecule has 104 valence electrons. The number of carboxylic acids is 1. The van der Waals surface area contributed by atoms with Crippen molar-refractivity contribution in [3.63, 3.8) is 0 Å². The van der Waals surface area contributed by atoms with Gasteiger partial charge >= 0.3 is 5.97 Å². The summed E-state index contributed by atoms with van der Waals surface area (Å²) in [4.78, 5) is 19.6. The monoisotopic (exact) mass is 263 g/mol. The molecule has 0 radical (unpaired) electrons. The maximum Gasteiger partial charge on any atom is 0.356 e. The van der Waals surface area contributed by atoms with Crippen LogP contribution in [-0.4, -0.2) is 27.6 Å². The Bertz CT molecular complexity index is 497. The minimum absolute atomic E-state index is 0.0668. The van der Waals surface area contributed by atoms with Crippen molar-refractivity contribution >= 4 is 11.7 Å². The standard InChI is InChI=1S/C14H21N3O2/c1-8(2)12-16-7-10(11(17-12)13(18)19)15-6-9-5-14(9,3)4/h7-9,15H,5-6H2,1-4H3,(H,18,19). The van der Waals surface area contributed by atoms with E-state index in [1.54, 1.807) is 6.20 Å². The summed E-state index contributed by atoms with van der Waals surface area (Å²) in [6.07, 6.45) is 2.76. The molecule has 2 N–H and O–H groups in total. The maximum atomic E-state index is 11.3. The van der Waals surface area contributed by atoms with Crippen molar-refractivity contribution in [1.29, 1.82) is 0 Å². The first-order chi connectivity index (χ1) is 8.81. The normalized spacial score (nSPS) is 20.4. The quantitative estimate of drug-likeness (QED) is 0.854. The number of aromatic nitrogens is 2. The van der Waals surface area contributed by atoms with Gasteiger partial charge in [0.1, 0.15) is 5.82 Å². The minimum Gasteiger partial charge on any atom is -0.476 e. The summed E-state index contributed by atoms with van der Waals surface area (Å²) in [6.45, 7) is 9.10. The number of aromatic carboxylic acids is 1. The van der Waals surface area contributed by atoms with Gasteiger partial charge in [0, 0.05) is 12.5 Å². The van der Waals surface area contributed by atoms with E-state index in [9.17, 15) is 9.90 Å². The van der Waals surface area contributed by atoms with Crippen LogP contribution in [-0.2, 0) is 0 Å². The molecule has 0 aliphatic heterocycles. The van der Waals surface area contributed by atoms with Gasteiger partial charge in [-0.25, -0.2) is 14.8 Å². The lowest BCUT2D eigenvalue weighted by atomic mass is 10.1. The van der Waals surface area contributed by atoms with E-state index in [1.165, 1.54) is 6.42 Å². The van der Waals surface area contributed by atoms with E-state index in [-0.39, 0.29) is 11.6 Å². The van der Waals surface area contributed by atoms with E-state index in [0.29, 0.717) is 22.8 Å². The molecule has 0 spiro atoms. The molecule has 2 rings (SSSR count). The Balaban J connectivity index is 2.13. The van der Waals surface area contributed by atoms with E-state index >= 15 is 0 Å². The molecule has 1 heterocycles. The van der Waals surface area contributed by atoms with Gasteiger partial charge in [0.15, 0.2) is 5.69 Å². The zero-order chi connectivity index (χ0) is 14.2. The molecule has 5 nitrogen and oxygen atoms in total. The third-order valence-corrected chi connectivity index (χ3v) is 3.78. The predicted molar refractivity (Wildman–Crippen MR) is 73.5 cm³/mol. The molecule has 5 heteroatoms. The largest absolute Gasteiger partial charge is 0.476 e. The van der Waals surface area contributed by atoms with E-state index in [1.807, 2.05) is 13.8 Å². The van der Waals surface area contributed by atoms with Crippen molar-refractivity contribution in [2.24, 2.45) is 11.3 Å². The van der Waals surface area contributed by atoms with E-state index < -0.39 is 5.97 Å². The topological polar surface area (TPSA) is 75.1 Å². The number of anilines is 1. The van der Waals surface area contributed by atoms with Crippen LogP contribution < -0.4 is 5.32 Å². The highest BCUT2D eigenvalue weighted by molar-refractivity contribution is 5.91. The average molecular weight is 263 g/mol. The number of hydrogen-bond acceptors (Lipinski definition) is 4. The summed E-state index contributed by atoms with van der Waals surface area (Å²) in [5.41, 5.74) is 0.950. The minimum atomic E-state index is -1.01. The number of nitrogens with zero attached hydrogens (tertiary/aromatic N) is 2. The first kappa shape index (κ1) is 13.8. The Kier molecular flexibility index (Phi) is 3.47. The van der Waals surface area contributed by atoms with Gasteiger partial charge in [-0.3, -0.25) is 0 Å². The summed E-state index contributed by atoms with van der Waals surface area (Å²) in [7, 11) is 0. The third-order valence-electron chi connectivity index (χ3n) is 3.78. The Labute approximate surface area is 113 Å². The highest BCUT2D eigenvalue weighted by Crippen LogP contribution is 2.51. The summed E-state index contributed by atoms with van der Waals surface area (Å²) in [5.74, 6) is 0.269. The first-order valence-corrected chi connectivity index (χ1v) is 6.65. The molecule has 0 aromatic carbocycles. The second-order valence-electron chi connectivity index (χ2n) is 6.22. The Morgan fingerprint density at radius 3 is 2.68 bits per heavy atom. The Morgan fingerprint density at radius 1 is 1.58 bits per heavy atom. The lowest BCUT2D eigenvalue weighted by molar-refractivity contribution is 0.0691. The lowest BCUT2D eigenvalue weighted by Crippen LogP contribution is -2.14. The van der Waals surface area contributed by atoms with Crippen LogP contribution in [0.5, 0.6) is 0 Å². The van der Waals surface area contributed by atoms with Crippen LogP contribution in [0.15, 0.2) is 6.20 Å². The van der Waals surface area contributed by atoms with Gasteiger partial charge in [-0.2, -0.15) is 0 Å². The number of hydrogen-bond donors (Lipinski definition) is 2. The Hall–Kier alpha value is -1.65. The van der Waals surface area contributed by atoms with Crippen LogP contribution in [0, 0.1) is 11.3 Å². The number of nitrogens with one attached hydrogen (secondary N) is 1. The zero-order valence-corrected chi connectivity index (χ0v) is 11.9. The van der Waals surface area contributed by atoms with Crippen LogP contribution in [0.25, 0.3) is 0 Å². The molecule has 1 aliphatic rings. The SMILES string of the molecule is CC(C)c1ncc(NCC2CC2(C)C)c(C(=O)O)n1. The molecule has 1 saturated carbocycles. The first-order valence-electron chi connectivity index (χ1n) is 6.65. The highest BCUT2D eigenvalue weighted by atomic mass is 16.4. The molecular weight excluding hydrogens is 242 g/mol. The molecule has 19 heavy (non-hydrogen) atoms. The average Bonchev–Trinajstić information content (AvgIpc) is 2.94. The van der Waals surface area contributed by atoms with E-state index in [0.717, 1.165) is 6.54 Å². The van der Waals surface area contributed by atoms with Gasteiger partial charge < -0.3 is 10.4 Å². The van der Waals surface area contributed by atoms with Crippen LogP contribution in [0.2, 0.25) is 0 Å². The van der Waals surface area contributed by atoms with Crippen molar-refractivity contribution < 1.29 is 9.90 Å². The van der Waals surface area contributed by atoms with Crippen LogP contribution in [0.1, 0.15) is 56.3 Å². The summed E-state index contributed by atoms with van der Waals surface area (Å²) < 4.78 is 0. The van der Waals surface area contributed by atoms with E-state index in [2.05, 4.69) is 29.1 Å². The third kappa shape index (κ3) is 3.03. The lowest BCUT2D eigenvalue weighted by Gasteiger charge is -2.11. The molecule has 0 amide bonds. The molecule has 0 saturated heterocycles. The van der Waals surface area contributed by atoms with Gasteiger partial charge in [-0.1, -0.05) is 27.7 Å². The van der Waals surface area contributed by atoms with Crippen molar-refractivity contribution in [3.05, 3.63) is 17.7 Å². The van der Waals surface area contributed by atoms with Crippen LogP contribution in [0.4, 0.5) is 5.69 Å². The van der Waals surface area contributed by atoms with Crippen molar-refractivity contribution in [2.45, 2.75) is 40.0 Å². The fourth-order valence-electron chi connectivity index (χ4n) is 2.12. The summed E-state index contributed by atoms with van der Waals surface area (Å²) >= 11 is 0. The molecule has 1 unspecified atom stereocenters. The molecule has 1 atom stereocenters.